The van der Waals surface area contributed by atoms with E-state index in [1.54, 1.807) is 43.3 Å². The average molecular weight is 389 g/mol. The molecule has 0 unspecified atom stereocenters. The maximum Gasteiger partial charge on any atom is 0.251 e. The summed E-state index contributed by atoms with van der Waals surface area (Å²) in [6.45, 7) is 0.442. The number of nitrogens with one attached hydrogen (secondary N) is 1. The van der Waals surface area contributed by atoms with E-state index in [1.165, 1.54) is 12.1 Å². The van der Waals surface area contributed by atoms with Crippen molar-refractivity contribution >= 4 is 21.8 Å². The van der Waals surface area contributed by atoms with Gasteiger partial charge in [-0.15, -0.1) is 0 Å². The highest BCUT2D eigenvalue weighted by Gasteiger charge is 2.11. The lowest BCUT2D eigenvalue weighted by Crippen LogP contribution is -2.26. The highest BCUT2D eigenvalue weighted by atomic mass is 32.2. The SMILES string of the molecule is CNC(=O)c1ccc(CN(C)C(=O)CCc2ccc(S(N)(=O)=O)cc2)cc1. The molecule has 0 aliphatic heterocycles. The molecule has 0 heterocycles. The van der Waals surface area contributed by atoms with E-state index in [-0.39, 0.29) is 16.7 Å². The van der Waals surface area contributed by atoms with Gasteiger partial charge in [0, 0.05) is 32.6 Å². The van der Waals surface area contributed by atoms with E-state index in [0.717, 1.165) is 11.1 Å². The predicted octanol–water partition coefficient (Wildman–Crippen LogP) is 1.28. The van der Waals surface area contributed by atoms with Crippen molar-refractivity contribution in [1.82, 2.24) is 10.2 Å². The number of carbonyl (C=O) groups is 2. The predicted molar refractivity (Wildman–Crippen MR) is 102 cm³/mol. The van der Waals surface area contributed by atoms with Crippen LogP contribution in [0.2, 0.25) is 0 Å². The summed E-state index contributed by atoms with van der Waals surface area (Å²) in [6, 6.07) is 13.3. The first-order chi connectivity index (χ1) is 12.7. The van der Waals surface area contributed by atoms with Crippen LogP contribution in [-0.2, 0) is 27.8 Å². The number of hydrogen-bond acceptors (Lipinski definition) is 4. The number of nitrogens with two attached hydrogens (primary N) is 1. The number of carbonyl (C=O) groups excluding carboxylic acids is 2. The highest BCUT2D eigenvalue weighted by Crippen LogP contribution is 2.12. The first-order valence-corrected chi connectivity index (χ1v) is 9.92. The molecule has 2 aromatic rings. The summed E-state index contributed by atoms with van der Waals surface area (Å²) in [6.07, 6.45) is 0.811. The smallest absolute Gasteiger partial charge is 0.251 e. The van der Waals surface area contributed by atoms with Crippen molar-refractivity contribution in [2.45, 2.75) is 24.3 Å². The highest BCUT2D eigenvalue weighted by molar-refractivity contribution is 7.89. The average Bonchev–Trinajstić information content (AvgIpc) is 2.65. The largest absolute Gasteiger partial charge is 0.355 e. The van der Waals surface area contributed by atoms with Crippen molar-refractivity contribution in [3.63, 3.8) is 0 Å². The minimum atomic E-state index is -3.71. The summed E-state index contributed by atoms with van der Waals surface area (Å²) in [7, 11) is -0.413. The van der Waals surface area contributed by atoms with Crippen molar-refractivity contribution in [2.24, 2.45) is 5.14 Å². The molecule has 0 radical (unpaired) electrons. The summed E-state index contributed by atoms with van der Waals surface area (Å²) in [5, 5.41) is 7.62. The molecular weight excluding hydrogens is 366 g/mol. The molecule has 2 aromatic carbocycles. The second-order valence-electron chi connectivity index (χ2n) is 6.21. The Balaban J connectivity index is 1.89. The number of nitrogens with zero attached hydrogens (tertiary/aromatic N) is 1. The molecule has 0 spiro atoms. The topological polar surface area (TPSA) is 110 Å². The van der Waals surface area contributed by atoms with Crippen molar-refractivity contribution in [2.75, 3.05) is 14.1 Å². The van der Waals surface area contributed by atoms with Gasteiger partial charge < -0.3 is 10.2 Å². The quantitative estimate of drug-likeness (QED) is 0.743. The molecule has 7 nitrogen and oxygen atoms in total. The maximum atomic E-state index is 12.3. The van der Waals surface area contributed by atoms with Gasteiger partial charge in [-0.3, -0.25) is 9.59 Å². The monoisotopic (exact) mass is 389 g/mol. The summed E-state index contributed by atoms with van der Waals surface area (Å²) in [5.41, 5.74) is 2.35. The molecule has 3 N–H and O–H groups in total. The van der Waals surface area contributed by atoms with Crippen LogP contribution in [0, 0.1) is 0 Å². The summed E-state index contributed by atoms with van der Waals surface area (Å²) < 4.78 is 22.5. The third-order valence-electron chi connectivity index (χ3n) is 4.17. The second-order valence-corrected chi connectivity index (χ2v) is 7.78. The fraction of sp³-hybridized carbons (Fsp3) is 0.263. The number of benzene rings is 2. The van der Waals surface area contributed by atoms with Crippen LogP contribution in [0.3, 0.4) is 0 Å². The number of amides is 2. The Morgan fingerprint density at radius 1 is 1.00 bits per heavy atom. The zero-order valence-corrected chi connectivity index (χ0v) is 16.1. The summed E-state index contributed by atoms with van der Waals surface area (Å²) in [5.74, 6) is -0.180. The normalized spacial score (nSPS) is 11.1. The summed E-state index contributed by atoms with van der Waals surface area (Å²) >= 11 is 0. The molecule has 0 aliphatic rings. The van der Waals surface area contributed by atoms with Crippen LogP contribution >= 0.6 is 0 Å². The number of aryl methyl sites for hydroxylation is 1. The molecule has 0 aromatic heterocycles. The molecule has 144 valence electrons. The van der Waals surface area contributed by atoms with E-state index in [1.807, 2.05) is 12.1 Å². The van der Waals surface area contributed by atoms with Gasteiger partial charge in [-0.25, -0.2) is 13.6 Å². The Hall–Kier alpha value is -2.71. The van der Waals surface area contributed by atoms with Crippen LogP contribution in [-0.4, -0.2) is 39.2 Å². The third kappa shape index (κ3) is 5.90. The van der Waals surface area contributed by atoms with E-state index >= 15 is 0 Å². The van der Waals surface area contributed by atoms with Crippen molar-refractivity contribution in [3.05, 3.63) is 65.2 Å². The number of sulfonamides is 1. The molecule has 2 amide bonds. The Labute approximate surface area is 159 Å². The minimum absolute atomic E-state index is 0.0269. The molecule has 0 bridgehead atoms. The molecule has 2 rings (SSSR count). The minimum Gasteiger partial charge on any atom is -0.355 e. The third-order valence-corrected chi connectivity index (χ3v) is 5.10. The summed E-state index contributed by atoms with van der Waals surface area (Å²) in [4.78, 5) is 25.5. The molecule has 27 heavy (non-hydrogen) atoms. The zero-order chi connectivity index (χ0) is 20.0. The molecule has 8 heteroatoms. The van der Waals surface area contributed by atoms with Gasteiger partial charge in [0.15, 0.2) is 0 Å². The molecule has 0 saturated carbocycles. The van der Waals surface area contributed by atoms with Crippen LogP contribution in [0.5, 0.6) is 0 Å². The van der Waals surface area contributed by atoms with Gasteiger partial charge >= 0.3 is 0 Å². The van der Waals surface area contributed by atoms with Crippen LogP contribution in [0.15, 0.2) is 53.4 Å². The lowest BCUT2D eigenvalue weighted by molar-refractivity contribution is -0.130. The van der Waals surface area contributed by atoms with Gasteiger partial charge in [0.2, 0.25) is 15.9 Å². The van der Waals surface area contributed by atoms with Gasteiger partial charge in [-0.1, -0.05) is 24.3 Å². The van der Waals surface area contributed by atoms with E-state index in [9.17, 15) is 18.0 Å². The van der Waals surface area contributed by atoms with Crippen molar-refractivity contribution in [1.29, 1.82) is 0 Å². The van der Waals surface area contributed by atoms with Crippen LogP contribution in [0.4, 0.5) is 0 Å². The number of hydrogen-bond donors (Lipinski definition) is 2. The fourth-order valence-electron chi connectivity index (χ4n) is 2.56. The second kappa shape index (κ2) is 8.79. The zero-order valence-electron chi connectivity index (χ0n) is 15.3. The Morgan fingerprint density at radius 2 is 1.56 bits per heavy atom. The van der Waals surface area contributed by atoms with Crippen LogP contribution in [0.1, 0.15) is 27.9 Å². The van der Waals surface area contributed by atoms with E-state index < -0.39 is 10.0 Å². The van der Waals surface area contributed by atoms with Crippen molar-refractivity contribution < 1.29 is 18.0 Å². The lowest BCUT2D eigenvalue weighted by atomic mass is 10.1. The standard InChI is InChI=1S/C19H23N3O4S/c1-21-19(24)16-8-3-15(4-9-16)13-22(2)18(23)12-7-14-5-10-17(11-6-14)27(20,25)26/h3-6,8-11H,7,12-13H2,1-2H3,(H,21,24)(H2,20,25,26). The van der Waals surface area contributed by atoms with E-state index in [2.05, 4.69) is 5.32 Å². The molecule has 0 atom stereocenters. The maximum absolute atomic E-state index is 12.3. The number of primary sulfonamides is 1. The van der Waals surface area contributed by atoms with Gasteiger partial charge in [-0.2, -0.15) is 0 Å². The first-order valence-electron chi connectivity index (χ1n) is 8.37. The lowest BCUT2D eigenvalue weighted by Gasteiger charge is -2.17. The Kier molecular flexibility index (Phi) is 6.70. The van der Waals surface area contributed by atoms with Crippen LogP contribution in [0.25, 0.3) is 0 Å². The molecule has 0 aliphatic carbocycles. The van der Waals surface area contributed by atoms with E-state index in [4.69, 9.17) is 5.14 Å². The molecule has 0 saturated heterocycles. The Bertz CT molecular complexity index is 907. The van der Waals surface area contributed by atoms with Gasteiger partial charge in [-0.05, 0) is 41.8 Å². The molecular formula is C19H23N3O4S. The van der Waals surface area contributed by atoms with Gasteiger partial charge in [0.05, 0.1) is 4.90 Å². The van der Waals surface area contributed by atoms with Crippen LogP contribution < -0.4 is 10.5 Å². The molecule has 0 fully saturated rings. The van der Waals surface area contributed by atoms with Gasteiger partial charge in [0.25, 0.3) is 5.91 Å². The number of rotatable bonds is 7. The van der Waals surface area contributed by atoms with Crippen molar-refractivity contribution in [3.8, 4) is 0 Å². The first kappa shape index (κ1) is 20.6. The van der Waals surface area contributed by atoms with E-state index in [0.29, 0.717) is 24.9 Å². The van der Waals surface area contributed by atoms with Gasteiger partial charge in [0.1, 0.15) is 0 Å². The Morgan fingerprint density at radius 3 is 2.07 bits per heavy atom. The fourth-order valence-corrected chi connectivity index (χ4v) is 3.07.